The van der Waals surface area contributed by atoms with E-state index in [-0.39, 0.29) is 12.1 Å². The zero-order chi connectivity index (χ0) is 11.4. The Morgan fingerprint density at radius 3 is 2.94 bits per heavy atom. The monoisotopic (exact) mass is 225 g/mol. The largest absolute Gasteiger partial charge is 0.392 e. The standard InChI is InChI=1S/C11H19N3O2/c1-8-13-11(14-16-8)6-7-12-9-4-2-3-5-10(9)15/h9-10,12,15H,2-7H2,1H3/t9-,10-/m1/s1. The Hall–Kier alpha value is -0.940. The van der Waals surface area contributed by atoms with Crippen LogP contribution >= 0.6 is 0 Å². The third-order valence-corrected chi connectivity index (χ3v) is 3.05. The molecule has 2 atom stereocenters. The highest BCUT2D eigenvalue weighted by Gasteiger charge is 2.22. The number of aryl methyl sites for hydroxylation is 1. The third-order valence-electron chi connectivity index (χ3n) is 3.05. The highest BCUT2D eigenvalue weighted by Crippen LogP contribution is 2.18. The van der Waals surface area contributed by atoms with Crippen LogP contribution in [0.5, 0.6) is 0 Å². The summed E-state index contributed by atoms with van der Waals surface area (Å²) < 4.78 is 4.89. The molecule has 0 radical (unpaired) electrons. The molecule has 0 amide bonds. The van der Waals surface area contributed by atoms with E-state index in [0.717, 1.165) is 38.1 Å². The van der Waals surface area contributed by atoms with E-state index in [4.69, 9.17) is 4.52 Å². The summed E-state index contributed by atoms with van der Waals surface area (Å²) in [6, 6.07) is 0.238. The first-order valence-corrected chi connectivity index (χ1v) is 5.96. The minimum atomic E-state index is -0.194. The van der Waals surface area contributed by atoms with Crippen molar-refractivity contribution in [3.05, 3.63) is 11.7 Å². The Bertz CT molecular complexity index is 327. The molecule has 1 heterocycles. The molecule has 5 heteroatoms. The van der Waals surface area contributed by atoms with Gasteiger partial charge in [-0.05, 0) is 12.8 Å². The van der Waals surface area contributed by atoms with Crippen molar-refractivity contribution >= 4 is 0 Å². The lowest BCUT2D eigenvalue weighted by Gasteiger charge is -2.28. The average Bonchev–Trinajstić information content (AvgIpc) is 2.67. The van der Waals surface area contributed by atoms with E-state index in [2.05, 4.69) is 15.5 Å². The number of aromatic nitrogens is 2. The summed E-state index contributed by atoms with van der Waals surface area (Å²) in [5.41, 5.74) is 0. The van der Waals surface area contributed by atoms with Gasteiger partial charge in [-0.3, -0.25) is 0 Å². The van der Waals surface area contributed by atoms with Gasteiger partial charge in [0.25, 0.3) is 0 Å². The molecule has 2 rings (SSSR count). The van der Waals surface area contributed by atoms with E-state index in [1.165, 1.54) is 6.42 Å². The van der Waals surface area contributed by atoms with Crippen LogP contribution in [-0.4, -0.2) is 33.9 Å². The molecule has 5 nitrogen and oxygen atoms in total. The molecule has 1 aromatic rings. The smallest absolute Gasteiger partial charge is 0.223 e. The predicted octanol–water partition coefficient (Wildman–Crippen LogP) is 0.814. The van der Waals surface area contributed by atoms with Crippen LogP contribution in [0.1, 0.15) is 37.4 Å². The summed E-state index contributed by atoms with van der Waals surface area (Å²) in [4.78, 5) is 4.13. The van der Waals surface area contributed by atoms with Crippen LogP contribution in [0.2, 0.25) is 0 Å². The van der Waals surface area contributed by atoms with Gasteiger partial charge >= 0.3 is 0 Å². The zero-order valence-corrected chi connectivity index (χ0v) is 9.65. The van der Waals surface area contributed by atoms with Gasteiger partial charge in [0, 0.05) is 25.9 Å². The van der Waals surface area contributed by atoms with E-state index in [1.807, 2.05) is 0 Å². The Morgan fingerprint density at radius 1 is 1.44 bits per heavy atom. The summed E-state index contributed by atoms with van der Waals surface area (Å²) in [6.45, 7) is 2.58. The van der Waals surface area contributed by atoms with Gasteiger partial charge in [-0.2, -0.15) is 4.98 Å². The second-order valence-electron chi connectivity index (χ2n) is 4.39. The zero-order valence-electron chi connectivity index (χ0n) is 9.65. The lowest BCUT2D eigenvalue weighted by molar-refractivity contribution is 0.0913. The van der Waals surface area contributed by atoms with E-state index >= 15 is 0 Å². The summed E-state index contributed by atoms with van der Waals surface area (Å²) in [6.07, 6.45) is 4.88. The molecule has 1 aliphatic carbocycles. The number of rotatable bonds is 4. The SMILES string of the molecule is Cc1nc(CCN[C@@H]2CCCC[C@H]2O)no1. The normalized spacial score (nSPS) is 25.9. The van der Waals surface area contributed by atoms with E-state index < -0.39 is 0 Å². The molecule has 0 aliphatic heterocycles. The molecule has 2 N–H and O–H groups in total. The molecule has 1 aliphatic rings. The van der Waals surface area contributed by atoms with Gasteiger partial charge in [0.15, 0.2) is 5.82 Å². The molecule has 1 saturated carbocycles. The first-order valence-electron chi connectivity index (χ1n) is 5.96. The first-order chi connectivity index (χ1) is 7.75. The maximum atomic E-state index is 9.76. The maximum Gasteiger partial charge on any atom is 0.223 e. The van der Waals surface area contributed by atoms with E-state index in [1.54, 1.807) is 6.92 Å². The summed E-state index contributed by atoms with van der Waals surface area (Å²) >= 11 is 0. The number of hydrogen-bond acceptors (Lipinski definition) is 5. The van der Waals surface area contributed by atoms with Gasteiger partial charge in [0.2, 0.25) is 5.89 Å². The second kappa shape index (κ2) is 5.41. The van der Waals surface area contributed by atoms with Crippen LogP contribution in [0.25, 0.3) is 0 Å². The average molecular weight is 225 g/mol. The first kappa shape index (κ1) is 11.5. The quantitative estimate of drug-likeness (QED) is 0.793. The highest BCUT2D eigenvalue weighted by molar-refractivity contribution is 4.86. The predicted molar refractivity (Wildman–Crippen MR) is 59.0 cm³/mol. The van der Waals surface area contributed by atoms with Gasteiger partial charge < -0.3 is 14.9 Å². The fourth-order valence-electron chi connectivity index (χ4n) is 2.16. The third kappa shape index (κ3) is 3.02. The number of nitrogens with one attached hydrogen (secondary N) is 1. The molecule has 1 fully saturated rings. The van der Waals surface area contributed by atoms with Crippen molar-refractivity contribution in [1.82, 2.24) is 15.5 Å². The highest BCUT2D eigenvalue weighted by atomic mass is 16.5. The van der Waals surface area contributed by atoms with Gasteiger partial charge in [-0.15, -0.1) is 0 Å². The number of hydrogen-bond donors (Lipinski definition) is 2. The Labute approximate surface area is 95.2 Å². The Balaban J connectivity index is 1.71. The van der Waals surface area contributed by atoms with Crippen molar-refractivity contribution in [2.45, 2.75) is 51.2 Å². The summed E-state index contributed by atoms with van der Waals surface area (Å²) in [5.74, 6) is 1.34. The minimum absolute atomic E-state index is 0.194. The van der Waals surface area contributed by atoms with Crippen molar-refractivity contribution in [1.29, 1.82) is 0 Å². The molecular formula is C11H19N3O2. The topological polar surface area (TPSA) is 71.2 Å². The van der Waals surface area contributed by atoms with Crippen molar-refractivity contribution < 1.29 is 9.63 Å². The fourth-order valence-corrected chi connectivity index (χ4v) is 2.16. The van der Waals surface area contributed by atoms with Gasteiger partial charge in [0.1, 0.15) is 0 Å². The second-order valence-corrected chi connectivity index (χ2v) is 4.39. The Kier molecular flexibility index (Phi) is 3.90. The lowest BCUT2D eigenvalue weighted by Crippen LogP contribution is -2.42. The van der Waals surface area contributed by atoms with Crippen molar-refractivity contribution in [3.8, 4) is 0 Å². The summed E-state index contributed by atoms with van der Waals surface area (Å²) in [7, 11) is 0. The maximum absolute atomic E-state index is 9.76. The van der Waals surface area contributed by atoms with Crippen LogP contribution in [-0.2, 0) is 6.42 Å². The lowest BCUT2D eigenvalue weighted by atomic mass is 9.92. The Morgan fingerprint density at radius 2 is 2.25 bits per heavy atom. The molecule has 0 bridgehead atoms. The molecule has 1 aromatic heterocycles. The minimum Gasteiger partial charge on any atom is -0.392 e. The van der Waals surface area contributed by atoms with Gasteiger partial charge in [-0.1, -0.05) is 18.0 Å². The van der Waals surface area contributed by atoms with Crippen molar-refractivity contribution in [2.24, 2.45) is 0 Å². The van der Waals surface area contributed by atoms with E-state index in [0.29, 0.717) is 5.89 Å². The molecule has 0 unspecified atom stereocenters. The van der Waals surface area contributed by atoms with Gasteiger partial charge in [0.05, 0.1) is 6.10 Å². The molecule has 16 heavy (non-hydrogen) atoms. The van der Waals surface area contributed by atoms with Crippen LogP contribution in [0.15, 0.2) is 4.52 Å². The van der Waals surface area contributed by atoms with Crippen LogP contribution in [0.3, 0.4) is 0 Å². The number of aliphatic hydroxyl groups excluding tert-OH is 1. The van der Waals surface area contributed by atoms with Crippen molar-refractivity contribution in [3.63, 3.8) is 0 Å². The summed E-state index contributed by atoms with van der Waals surface area (Å²) in [5, 5.41) is 16.9. The van der Waals surface area contributed by atoms with Crippen LogP contribution < -0.4 is 5.32 Å². The molecule has 0 aromatic carbocycles. The molecule has 90 valence electrons. The van der Waals surface area contributed by atoms with Gasteiger partial charge in [-0.25, -0.2) is 0 Å². The molecule has 0 saturated heterocycles. The molecule has 0 spiro atoms. The van der Waals surface area contributed by atoms with Crippen LogP contribution in [0.4, 0.5) is 0 Å². The van der Waals surface area contributed by atoms with E-state index in [9.17, 15) is 5.11 Å². The van der Waals surface area contributed by atoms with Crippen molar-refractivity contribution in [2.75, 3.05) is 6.54 Å². The molecular weight excluding hydrogens is 206 g/mol. The number of aliphatic hydroxyl groups is 1. The number of nitrogens with zero attached hydrogens (tertiary/aromatic N) is 2. The van der Waals surface area contributed by atoms with Crippen LogP contribution in [0, 0.1) is 6.92 Å². The fraction of sp³-hybridized carbons (Fsp3) is 0.818.